The molecule has 1 aromatic heterocycles. The average Bonchev–Trinajstić information content (AvgIpc) is 2.89. The number of hydrogen-bond donors (Lipinski definition) is 1. The highest BCUT2D eigenvalue weighted by Crippen LogP contribution is 2.23. The van der Waals surface area contributed by atoms with Gasteiger partial charge in [0.1, 0.15) is 12.2 Å². The van der Waals surface area contributed by atoms with E-state index in [-0.39, 0.29) is 6.04 Å². The quantitative estimate of drug-likeness (QED) is 0.828. The molecule has 0 aliphatic carbocycles. The summed E-state index contributed by atoms with van der Waals surface area (Å²) in [5, 5.41) is 7.87. The lowest BCUT2D eigenvalue weighted by molar-refractivity contribution is 0.498. The van der Waals surface area contributed by atoms with E-state index < -0.39 is 0 Å². The molecule has 0 aliphatic rings. The van der Waals surface area contributed by atoms with Crippen LogP contribution in [-0.2, 0) is 13.0 Å². The Labute approximate surface area is 135 Å². The fourth-order valence-electron chi connectivity index (χ4n) is 2.47. The number of aryl methyl sites for hydroxylation is 2. The largest absolute Gasteiger partial charge is 0.310 e. The van der Waals surface area contributed by atoms with E-state index in [1.54, 1.807) is 6.33 Å². The van der Waals surface area contributed by atoms with Crippen LogP contribution in [-0.4, -0.2) is 21.3 Å². The van der Waals surface area contributed by atoms with Gasteiger partial charge < -0.3 is 5.32 Å². The van der Waals surface area contributed by atoms with Crippen LogP contribution in [0, 0.1) is 6.92 Å². The molecule has 4 nitrogen and oxygen atoms in total. The smallest absolute Gasteiger partial charge is 0.138 e. The molecule has 0 radical (unpaired) electrons. The minimum atomic E-state index is 0.265. The molecule has 1 N–H and O–H groups in total. The van der Waals surface area contributed by atoms with Gasteiger partial charge in [-0.15, -0.1) is 0 Å². The maximum Gasteiger partial charge on any atom is 0.138 e. The maximum atomic E-state index is 4.42. The molecule has 0 amide bonds. The summed E-state index contributed by atoms with van der Waals surface area (Å²) in [5.41, 5.74) is 2.55. The number of nitrogens with one attached hydrogen (secondary N) is 1. The van der Waals surface area contributed by atoms with Gasteiger partial charge in [-0.25, -0.2) is 4.98 Å². The summed E-state index contributed by atoms with van der Waals surface area (Å²) in [7, 11) is 0. The third-order valence-corrected chi connectivity index (χ3v) is 4.44. The Hall–Kier alpha value is -1.20. The van der Waals surface area contributed by atoms with Gasteiger partial charge in [0, 0.05) is 23.5 Å². The molecular formula is C16H23BrN4. The molecule has 1 unspecified atom stereocenters. The Balaban J connectivity index is 2.22. The van der Waals surface area contributed by atoms with E-state index in [1.807, 2.05) is 4.68 Å². The molecule has 2 rings (SSSR count). The van der Waals surface area contributed by atoms with E-state index in [9.17, 15) is 0 Å². The summed E-state index contributed by atoms with van der Waals surface area (Å²) < 4.78 is 3.16. The third-order valence-electron chi connectivity index (χ3n) is 3.55. The minimum Gasteiger partial charge on any atom is -0.310 e. The van der Waals surface area contributed by atoms with Gasteiger partial charge in [0.2, 0.25) is 0 Å². The number of hydrogen-bond acceptors (Lipinski definition) is 3. The van der Waals surface area contributed by atoms with Crippen molar-refractivity contribution in [2.45, 2.75) is 46.2 Å². The van der Waals surface area contributed by atoms with Crippen LogP contribution in [0.4, 0.5) is 0 Å². The Morgan fingerprint density at radius 2 is 2.14 bits per heavy atom. The second kappa shape index (κ2) is 7.71. The number of likely N-dealkylation sites (N-methyl/N-ethyl adjacent to an activating group) is 1. The van der Waals surface area contributed by atoms with Crippen LogP contribution in [0.3, 0.4) is 0 Å². The molecule has 114 valence electrons. The lowest BCUT2D eigenvalue weighted by atomic mass is 10.0. The first-order chi connectivity index (χ1) is 10.2. The van der Waals surface area contributed by atoms with Crippen molar-refractivity contribution in [2.24, 2.45) is 0 Å². The van der Waals surface area contributed by atoms with Crippen molar-refractivity contribution >= 4 is 15.9 Å². The van der Waals surface area contributed by atoms with Gasteiger partial charge in [0.05, 0.1) is 0 Å². The molecular weight excluding hydrogens is 328 g/mol. The van der Waals surface area contributed by atoms with Crippen molar-refractivity contribution in [3.05, 3.63) is 46.0 Å². The number of rotatable bonds is 7. The summed E-state index contributed by atoms with van der Waals surface area (Å²) in [4.78, 5) is 4.42. The van der Waals surface area contributed by atoms with E-state index in [2.05, 4.69) is 70.3 Å². The van der Waals surface area contributed by atoms with Gasteiger partial charge in [-0.1, -0.05) is 41.9 Å². The summed E-state index contributed by atoms with van der Waals surface area (Å²) in [5.74, 6) is 1.04. The van der Waals surface area contributed by atoms with Crippen molar-refractivity contribution < 1.29 is 0 Å². The summed E-state index contributed by atoms with van der Waals surface area (Å²) in [6.45, 7) is 8.27. The SMILES string of the molecule is CCCn1ncnc1CC(NCC)c1ccc(Br)c(C)c1. The van der Waals surface area contributed by atoms with E-state index in [0.717, 1.165) is 36.2 Å². The summed E-state index contributed by atoms with van der Waals surface area (Å²) in [6, 6.07) is 6.79. The van der Waals surface area contributed by atoms with Crippen LogP contribution in [0.5, 0.6) is 0 Å². The van der Waals surface area contributed by atoms with Crippen LogP contribution in [0.2, 0.25) is 0 Å². The first-order valence-corrected chi connectivity index (χ1v) is 8.31. The Morgan fingerprint density at radius 1 is 1.33 bits per heavy atom. The molecule has 5 heteroatoms. The fourth-order valence-corrected chi connectivity index (χ4v) is 2.71. The van der Waals surface area contributed by atoms with E-state index >= 15 is 0 Å². The Kier molecular flexibility index (Phi) is 5.94. The Morgan fingerprint density at radius 3 is 2.81 bits per heavy atom. The number of nitrogens with zero attached hydrogens (tertiary/aromatic N) is 3. The molecule has 0 saturated heterocycles. The fraction of sp³-hybridized carbons (Fsp3) is 0.500. The minimum absolute atomic E-state index is 0.265. The highest BCUT2D eigenvalue weighted by atomic mass is 79.9. The zero-order valence-electron chi connectivity index (χ0n) is 12.9. The molecule has 0 spiro atoms. The van der Waals surface area contributed by atoms with Crippen LogP contribution < -0.4 is 5.32 Å². The van der Waals surface area contributed by atoms with Crippen molar-refractivity contribution in [1.29, 1.82) is 0 Å². The first-order valence-electron chi connectivity index (χ1n) is 7.51. The molecule has 0 aliphatic heterocycles. The van der Waals surface area contributed by atoms with Crippen molar-refractivity contribution in [1.82, 2.24) is 20.1 Å². The number of halogens is 1. The molecule has 1 atom stereocenters. The zero-order valence-corrected chi connectivity index (χ0v) is 14.5. The normalized spacial score (nSPS) is 12.6. The first kappa shape index (κ1) is 16.2. The molecule has 1 heterocycles. The van der Waals surface area contributed by atoms with Crippen LogP contribution >= 0.6 is 15.9 Å². The monoisotopic (exact) mass is 350 g/mol. The predicted molar refractivity (Wildman–Crippen MR) is 89.3 cm³/mol. The van der Waals surface area contributed by atoms with Crippen LogP contribution in [0.15, 0.2) is 29.0 Å². The van der Waals surface area contributed by atoms with Gasteiger partial charge in [-0.2, -0.15) is 5.10 Å². The topological polar surface area (TPSA) is 42.7 Å². The van der Waals surface area contributed by atoms with E-state index in [4.69, 9.17) is 0 Å². The highest BCUT2D eigenvalue weighted by Gasteiger charge is 2.15. The third kappa shape index (κ3) is 4.14. The van der Waals surface area contributed by atoms with Gasteiger partial charge in [0.15, 0.2) is 0 Å². The van der Waals surface area contributed by atoms with Gasteiger partial charge >= 0.3 is 0 Å². The second-order valence-corrected chi connectivity index (χ2v) is 6.08. The molecule has 1 aromatic carbocycles. The van der Waals surface area contributed by atoms with Crippen molar-refractivity contribution in [3.8, 4) is 0 Å². The summed E-state index contributed by atoms with van der Waals surface area (Å²) >= 11 is 3.56. The molecule has 0 fully saturated rings. The van der Waals surface area contributed by atoms with Crippen LogP contribution in [0.1, 0.15) is 43.3 Å². The lowest BCUT2D eigenvalue weighted by Crippen LogP contribution is -2.24. The van der Waals surface area contributed by atoms with Crippen LogP contribution in [0.25, 0.3) is 0 Å². The van der Waals surface area contributed by atoms with Gasteiger partial charge in [-0.3, -0.25) is 4.68 Å². The van der Waals surface area contributed by atoms with E-state index in [0.29, 0.717) is 0 Å². The molecule has 0 bridgehead atoms. The van der Waals surface area contributed by atoms with E-state index in [1.165, 1.54) is 11.1 Å². The Bertz CT molecular complexity index is 579. The standard InChI is InChI=1S/C16H23BrN4/c1-4-8-21-16(19-11-20-21)10-15(18-5-2)13-6-7-14(17)12(3)9-13/h6-7,9,11,15,18H,4-5,8,10H2,1-3H3. The molecule has 2 aromatic rings. The number of aromatic nitrogens is 3. The number of benzene rings is 1. The lowest BCUT2D eigenvalue weighted by Gasteiger charge is -2.19. The molecule has 0 saturated carbocycles. The highest BCUT2D eigenvalue weighted by molar-refractivity contribution is 9.10. The zero-order chi connectivity index (χ0) is 15.2. The molecule has 21 heavy (non-hydrogen) atoms. The average molecular weight is 351 g/mol. The van der Waals surface area contributed by atoms with Crippen molar-refractivity contribution in [2.75, 3.05) is 6.54 Å². The van der Waals surface area contributed by atoms with Gasteiger partial charge in [0.25, 0.3) is 0 Å². The predicted octanol–water partition coefficient (Wildman–Crippen LogP) is 3.65. The van der Waals surface area contributed by atoms with Crippen molar-refractivity contribution in [3.63, 3.8) is 0 Å². The maximum absolute atomic E-state index is 4.42. The summed E-state index contributed by atoms with van der Waals surface area (Å²) in [6.07, 6.45) is 3.58. The second-order valence-electron chi connectivity index (χ2n) is 5.22. The van der Waals surface area contributed by atoms with Gasteiger partial charge in [-0.05, 0) is 37.1 Å².